The van der Waals surface area contributed by atoms with E-state index in [0.29, 0.717) is 0 Å². The number of hydrogen-bond acceptors (Lipinski definition) is 2. The predicted molar refractivity (Wildman–Crippen MR) is 73.1 cm³/mol. The minimum absolute atomic E-state index is 0.311. The van der Waals surface area contributed by atoms with Gasteiger partial charge < -0.3 is 10.6 Å². The van der Waals surface area contributed by atoms with E-state index in [0.717, 1.165) is 32.7 Å². The van der Waals surface area contributed by atoms with Crippen LogP contribution in [0.4, 0.5) is 4.79 Å². The van der Waals surface area contributed by atoms with Crippen LogP contribution in [0.15, 0.2) is 36.4 Å². The lowest BCUT2D eigenvalue weighted by atomic mass is 10.2. The number of urea groups is 1. The first-order chi connectivity index (χ1) is 8.75. The van der Waals surface area contributed by atoms with Crippen LogP contribution in [-0.2, 0) is 0 Å². The second kappa shape index (κ2) is 6.21. The Morgan fingerprint density at radius 2 is 1.83 bits per heavy atom. The number of hydrogen-bond donors (Lipinski definition) is 1. The minimum Gasteiger partial charge on any atom is -0.351 e. The van der Waals surface area contributed by atoms with Crippen molar-refractivity contribution in [2.24, 2.45) is 5.73 Å². The molecule has 0 saturated carbocycles. The van der Waals surface area contributed by atoms with Crippen molar-refractivity contribution in [3.63, 3.8) is 0 Å². The predicted octanol–water partition coefficient (Wildman–Crippen LogP) is 1.40. The second-order valence-electron chi connectivity index (χ2n) is 4.44. The number of piperazine rings is 1. The Hall–Kier alpha value is -1.81. The van der Waals surface area contributed by atoms with Gasteiger partial charge in [-0.25, -0.2) is 4.79 Å². The Morgan fingerprint density at radius 1 is 1.17 bits per heavy atom. The molecule has 0 aromatic heterocycles. The van der Waals surface area contributed by atoms with Crippen LogP contribution in [0.25, 0.3) is 6.08 Å². The number of nitrogens with zero attached hydrogens (tertiary/aromatic N) is 2. The minimum atomic E-state index is -0.311. The van der Waals surface area contributed by atoms with E-state index in [-0.39, 0.29) is 6.03 Å². The molecule has 0 atom stereocenters. The summed E-state index contributed by atoms with van der Waals surface area (Å²) in [5.41, 5.74) is 6.46. The van der Waals surface area contributed by atoms with Crippen LogP contribution >= 0.6 is 0 Å². The molecule has 1 aromatic carbocycles. The largest absolute Gasteiger partial charge is 0.351 e. The van der Waals surface area contributed by atoms with Gasteiger partial charge in [-0.05, 0) is 5.56 Å². The van der Waals surface area contributed by atoms with Crippen molar-refractivity contribution < 1.29 is 4.79 Å². The quantitative estimate of drug-likeness (QED) is 0.875. The van der Waals surface area contributed by atoms with Crippen LogP contribution in [0.3, 0.4) is 0 Å². The van der Waals surface area contributed by atoms with Crippen molar-refractivity contribution in [3.05, 3.63) is 42.0 Å². The summed E-state index contributed by atoms with van der Waals surface area (Å²) >= 11 is 0. The van der Waals surface area contributed by atoms with E-state index in [1.165, 1.54) is 5.56 Å². The number of rotatable bonds is 3. The van der Waals surface area contributed by atoms with E-state index in [4.69, 9.17) is 5.73 Å². The Kier molecular flexibility index (Phi) is 4.36. The van der Waals surface area contributed by atoms with Gasteiger partial charge in [0.15, 0.2) is 0 Å². The summed E-state index contributed by atoms with van der Waals surface area (Å²) in [5, 5.41) is 0. The van der Waals surface area contributed by atoms with E-state index in [1.54, 1.807) is 4.90 Å². The van der Waals surface area contributed by atoms with Crippen LogP contribution in [0.2, 0.25) is 0 Å². The molecule has 1 heterocycles. The summed E-state index contributed by atoms with van der Waals surface area (Å²) < 4.78 is 0. The van der Waals surface area contributed by atoms with Crippen LogP contribution in [0, 0.1) is 0 Å². The van der Waals surface area contributed by atoms with Crippen molar-refractivity contribution >= 4 is 12.1 Å². The molecule has 1 saturated heterocycles. The van der Waals surface area contributed by atoms with Crippen LogP contribution in [0.1, 0.15) is 5.56 Å². The molecule has 1 aliphatic heterocycles. The highest BCUT2D eigenvalue weighted by molar-refractivity contribution is 5.72. The summed E-state index contributed by atoms with van der Waals surface area (Å²) in [6.07, 6.45) is 4.29. The zero-order chi connectivity index (χ0) is 12.8. The maximum Gasteiger partial charge on any atom is 0.314 e. The molecule has 4 heteroatoms. The number of primary amides is 1. The first-order valence-corrected chi connectivity index (χ1v) is 6.24. The molecule has 1 aliphatic rings. The summed E-state index contributed by atoms with van der Waals surface area (Å²) in [5.74, 6) is 0. The fraction of sp³-hybridized carbons (Fsp3) is 0.357. The lowest BCUT2D eigenvalue weighted by Crippen LogP contribution is -2.50. The Bertz CT molecular complexity index is 408. The van der Waals surface area contributed by atoms with Crippen molar-refractivity contribution in [3.8, 4) is 0 Å². The van der Waals surface area contributed by atoms with Gasteiger partial charge in [-0.1, -0.05) is 42.5 Å². The highest BCUT2D eigenvalue weighted by Crippen LogP contribution is 2.04. The summed E-state index contributed by atoms with van der Waals surface area (Å²) in [6.45, 7) is 4.16. The number of nitrogens with two attached hydrogens (primary N) is 1. The van der Waals surface area contributed by atoms with E-state index < -0.39 is 0 Å². The average Bonchev–Trinajstić information content (AvgIpc) is 2.40. The van der Waals surface area contributed by atoms with Gasteiger partial charge in [0, 0.05) is 32.7 Å². The Balaban J connectivity index is 1.76. The first-order valence-electron chi connectivity index (χ1n) is 6.24. The van der Waals surface area contributed by atoms with Gasteiger partial charge in [0.2, 0.25) is 0 Å². The molecule has 2 rings (SSSR count). The third-order valence-electron chi connectivity index (χ3n) is 3.16. The lowest BCUT2D eigenvalue weighted by molar-refractivity contribution is 0.153. The molecule has 0 radical (unpaired) electrons. The highest BCUT2D eigenvalue weighted by atomic mass is 16.2. The lowest BCUT2D eigenvalue weighted by Gasteiger charge is -2.32. The van der Waals surface area contributed by atoms with Gasteiger partial charge in [0.05, 0.1) is 0 Å². The molecule has 4 nitrogen and oxygen atoms in total. The van der Waals surface area contributed by atoms with E-state index in [2.05, 4.69) is 29.2 Å². The normalized spacial score (nSPS) is 17.2. The molecule has 2 N–H and O–H groups in total. The highest BCUT2D eigenvalue weighted by Gasteiger charge is 2.17. The van der Waals surface area contributed by atoms with E-state index in [1.807, 2.05) is 18.2 Å². The molecular formula is C14H19N3O. The molecule has 0 unspecified atom stereocenters. The number of carbonyl (C=O) groups excluding carboxylic acids is 1. The van der Waals surface area contributed by atoms with Crippen molar-refractivity contribution in [2.75, 3.05) is 32.7 Å². The summed E-state index contributed by atoms with van der Waals surface area (Å²) in [6, 6.07) is 9.94. The first kappa shape index (κ1) is 12.6. The van der Waals surface area contributed by atoms with Crippen molar-refractivity contribution in [2.45, 2.75) is 0 Å². The van der Waals surface area contributed by atoms with Gasteiger partial charge in [-0.15, -0.1) is 0 Å². The zero-order valence-electron chi connectivity index (χ0n) is 10.5. The topological polar surface area (TPSA) is 49.6 Å². The Morgan fingerprint density at radius 3 is 2.44 bits per heavy atom. The third kappa shape index (κ3) is 3.60. The van der Waals surface area contributed by atoms with Crippen molar-refractivity contribution in [1.29, 1.82) is 0 Å². The van der Waals surface area contributed by atoms with Crippen LogP contribution < -0.4 is 5.73 Å². The average molecular weight is 245 g/mol. The SMILES string of the molecule is NC(=O)N1CCN(CC=Cc2ccccc2)CC1. The zero-order valence-corrected chi connectivity index (χ0v) is 10.5. The fourth-order valence-electron chi connectivity index (χ4n) is 2.05. The molecule has 0 aliphatic carbocycles. The van der Waals surface area contributed by atoms with Crippen molar-refractivity contribution in [1.82, 2.24) is 9.80 Å². The molecule has 1 aromatic rings. The molecule has 1 fully saturated rings. The maximum atomic E-state index is 11.0. The number of amides is 2. The molecule has 96 valence electrons. The van der Waals surface area contributed by atoms with Crippen LogP contribution in [-0.4, -0.2) is 48.6 Å². The second-order valence-corrected chi connectivity index (χ2v) is 4.44. The van der Waals surface area contributed by atoms with E-state index in [9.17, 15) is 4.79 Å². The molecular weight excluding hydrogens is 226 g/mol. The standard InChI is InChI=1S/C14H19N3O/c15-14(18)17-11-9-16(10-12-17)8-4-7-13-5-2-1-3-6-13/h1-7H,8-12H2,(H2,15,18). The number of benzene rings is 1. The van der Waals surface area contributed by atoms with Crippen LogP contribution in [0.5, 0.6) is 0 Å². The number of carbonyl (C=O) groups is 1. The molecule has 18 heavy (non-hydrogen) atoms. The molecule has 0 spiro atoms. The molecule has 2 amide bonds. The van der Waals surface area contributed by atoms with Gasteiger partial charge in [0.1, 0.15) is 0 Å². The van der Waals surface area contributed by atoms with E-state index >= 15 is 0 Å². The van der Waals surface area contributed by atoms with Gasteiger partial charge >= 0.3 is 6.03 Å². The fourth-order valence-corrected chi connectivity index (χ4v) is 2.05. The third-order valence-corrected chi connectivity index (χ3v) is 3.16. The summed E-state index contributed by atoms with van der Waals surface area (Å²) in [7, 11) is 0. The smallest absolute Gasteiger partial charge is 0.314 e. The van der Waals surface area contributed by atoms with Gasteiger partial charge in [0.25, 0.3) is 0 Å². The summed E-state index contributed by atoms with van der Waals surface area (Å²) in [4.78, 5) is 15.0. The van der Waals surface area contributed by atoms with Gasteiger partial charge in [-0.2, -0.15) is 0 Å². The van der Waals surface area contributed by atoms with Gasteiger partial charge in [-0.3, -0.25) is 4.90 Å². The maximum absolute atomic E-state index is 11.0. The monoisotopic (exact) mass is 245 g/mol. The molecule has 0 bridgehead atoms. The Labute approximate surface area is 108 Å².